The van der Waals surface area contributed by atoms with E-state index in [1.165, 1.54) is 16.7 Å². The number of hydrogen-bond acceptors (Lipinski definition) is 3. The van der Waals surface area contributed by atoms with E-state index in [-0.39, 0.29) is 24.1 Å². The van der Waals surface area contributed by atoms with Crippen LogP contribution in [0, 0.1) is 0 Å². The van der Waals surface area contributed by atoms with Gasteiger partial charge in [0.2, 0.25) is 11.8 Å². The molecule has 0 saturated carbocycles. The largest absolute Gasteiger partial charge is 0.350 e. The highest BCUT2D eigenvalue weighted by atomic mass is 35.5. The number of amides is 2. The Balaban J connectivity index is 2.20. The van der Waals surface area contributed by atoms with E-state index < -0.39 is 11.6 Å². The second kappa shape index (κ2) is 11.8. The lowest BCUT2D eigenvalue weighted by atomic mass is 10.1. The number of rotatable bonds is 8. The second-order valence-corrected chi connectivity index (χ2v) is 10.9. The van der Waals surface area contributed by atoms with Crippen LogP contribution < -0.4 is 5.32 Å². The van der Waals surface area contributed by atoms with Crippen LogP contribution in [0.25, 0.3) is 0 Å². The zero-order chi connectivity index (χ0) is 24.1. The highest BCUT2D eigenvalue weighted by Gasteiger charge is 2.29. The van der Waals surface area contributed by atoms with E-state index in [2.05, 4.69) is 5.32 Å². The van der Waals surface area contributed by atoms with Gasteiger partial charge in [-0.3, -0.25) is 9.59 Å². The molecule has 2 aromatic rings. The molecule has 4 nitrogen and oxygen atoms in total. The van der Waals surface area contributed by atoms with Gasteiger partial charge in [-0.15, -0.1) is 11.8 Å². The molecule has 32 heavy (non-hydrogen) atoms. The maximum atomic E-state index is 13.2. The summed E-state index contributed by atoms with van der Waals surface area (Å²) in [6, 6.07) is 9.72. The summed E-state index contributed by atoms with van der Waals surface area (Å²) >= 11 is 26.5. The van der Waals surface area contributed by atoms with Crippen LogP contribution in [0.5, 0.6) is 0 Å². The van der Waals surface area contributed by atoms with Crippen LogP contribution in [0.3, 0.4) is 0 Å². The number of thioether (sulfide) groups is 1. The first-order chi connectivity index (χ1) is 14.9. The van der Waals surface area contributed by atoms with Crippen molar-refractivity contribution < 1.29 is 9.59 Å². The number of carbonyl (C=O) groups is 2. The van der Waals surface area contributed by atoms with Gasteiger partial charge in [-0.25, -0.2) is 0 Å². The number of hydrogen-bond donors (Lipinski definition) is 1. The Morgan fingerprint density at radius 2 is 1.41 bits per heavy atom. The molecule has 1 N–H and O–H groups in total. The molecule has 174 valence electrons. The van der Waals surface area contributed by atoms with Crippen molar-refractivity contribution in [3.63, 3.8) is 0 Å². The third-order valence-electron chi connectivity index (χ3n) is 4.59. The van der Waals surface area contributed by atoms with E-state index in [9.17, 15) is 9.59 Å². The van der Waals surface area contributed by atoms with Crippen LogP contribution in [-0.2, 0) is 21.9 Å². The predicted molar refractivity (Wildman–Crippen MR) is 137 cm³/mol. The highest BCUT2D eigenvalue weighted by Crippen LogP contribution is 2.30. The van der Waals surface area contributed by atoms with Crippen molar-refractivity contribution in [2.45, 2.75) is 51.6 Å². The molecule has 0 saturated heterocycles. The Morgan fingerprint density at radius 3 is 1.88 bits per heavy atom. The quantitative estimate of drug-likeness (QED) is 0.401. The molecule has 9 heteroatoms. The normalized spacial score (nSPS) is 12.4. The molecule has 2 amide bonds. The number of nitrogens with zero attached hydrogens (tertiary/aromatic N) is 1. The van der Waals surface area contributed by atoms with Gasteiger partial charge in [0.1, 0.15) is 6.04 Å². The molecule has 1 atom stereocenters. The van der Waals surface area contributed by atoms with Crippen molar-refractivity contribution in [2.75, 3.05) is 5.75 Å². The molecule has 0 radical (unpaired) electrons. The van der Waals surface area contributed by atoms with Crippen molar-refractivity contribution in [1.82, 2.24) is 10.2 Å². The topological polar surface area (TPSA) is 49.4 Å². The van der Waals surface area contributed by atoms with Crippen molar-refractivity contribution in [3.05, 3.63) is 67.6 Å². The van der Waals surface area contributed by atoms with Crippen LogP contribution in [0.2, 0.25) is 20.1 Å². The summed E-state index contributed by atoms with van der Waals surface area (Å²) in [4.78, 5) is 27.5. The monoisotopic (exact) mass is 534 g/mol. The summed E-state index contributed by atoms with van der Waals surface area (Å²) in [7, 11) is 0. The fourth-order valence-electron chi connectivity index (χ4n) is 2.90. The van der Waals surface area contributed by atoms with E-state index >= 15 is 0 Å². The van der Waals surface area contributed by atoms with Gasteiger partial charge in [-0.1, -0.05) is 58.5 Å². The Labute approximate surface area is 213 Å². The van der Waals surface area contributed by atoms with E-state index in [4.69, 9.17) is 46.4 Å². The Hall–Kier alpha value is -1.11. The molecule has 0 aliphatic heterocycles. The van der Waals surface area contributed by atoms with Gasteiger partial charge in [-0.2, -0.15) is 0 Å². The minimum absolute atomic E-state index is 0.115. The first kappa shape index (κ1) is 27.1. The molecule has 0 fully saturated rings. The van der Waals surface area contributed by atoms with Crippen molar-refractivity contribution in [3.8, 4) is 0 Å². The van der Waals surface area contributed by atoms with Gasteiger partial charge in [0.05, 0.1) is 5.75 Å². The predicted octanol–water partition coefficient (Wildman–Crippen LogP) is 6.87. The summed E-state index contributed by atoms with van der Waals surface area (Å²) in [6.45, 7) is 7.47. The van der Waals surface area contributed by atoms with E-state index in [1.54, 1.807) is 43.3 Å². The van der Waals surface area contributed by atoms with E-state index in [0.717, 1.165) is 5.56 Å². The van der Waals surface area contributed by atoms with Crippen LogP contribution >= 0.6 is 58.2 Å². The highest BCUT2D eigenvalue weighted by molar-refractivity contribution is 7.99. The smallest absolute Gasteiger partial charge is 0.242 e. The zero-order valence-electron chi connectivity index (χ0n) is 18.3. The van der Waals surface area contributed by atoms with E-state index in [1.807, 2.05) is 20.8 Å². The maximum absolute atomic E-state index is 13.2. The van der Waals surface area contributed by atoms with Crippen molar-refractivity contribution in [1.29, 1.82) is 0 Å². The Morgan fingerprint density at radius 1 is 0.938 bits per heavy atom. The van der Waals surface area contributed by atoms with Gasteiger partial charge in [0.15, 0.2) is 0 Å². The Kier molecular flexibility index (Phi) is 10.0. The number of halogens is 4. The summed E-state index contributed by atoms with van der Waals surface area (Å²) in [5.74, 6) is 0.128. The van der Waals surface area contributed by atoms with Crippen molar-refractivity contribution >= 4 is 70.0 Å². The van der Waals surface area contributed by atoms with Gasteiger partial charge < -0.3 is 10.2 Å². The van der Waals surface area contributed by atoms with Gasteiger partial charge >= 0.3 is 0 Å². The van der Waals surface area contributed by atoms with Gasteiger partial charge in [-0.05, 0) is 57.5 Å². The lowest BCUT2D eigenvalue weighted by Gasteiger charge is -2.32. The number of carbonyl (C=O) groups excluding carboxylic acids is 2. The molecule has 1 unspecified atom stereocenters. The molecule has 0 spiro atoms. The minimum Gasteiger partial charge on any atom is -0.350 e. The third kappa shape index (κ3) is 7.74. The van der Waals surface area contributed by atoms with Crippen LogP contribution in [0.15, 0.2) is 36.4 Å². The molecular weight excluding hydrogens is 510 g/mol. The maximum Gasteiger partial charge on any atom is 0.242 e. The van der Waals surface area contributed by atoms with Gasteiger partial charge in [0, 0.05) is 43.5 Å². The molecule has 2 aromatic carbocycles. The second-order valence-electron chi connectivity index (χ2n) is 8.33. The standard InChI is InChI=1S/C23H26Cl4N2O2S/c1-14(22(31)28-23(2,3)4)29(11-15-17(24)7-5-8-18(15)25)21(30)13-32-12-16-19(26)9-6-10-20(16)27/h5-10,14H,11-13H2,1-4H3,(H,28,31). The molecule has 0 aliphatic carbocycles. The zero-order valence-corrected chi connectivity index (χ0v) is 22.2. The summed E-state index contributed by atoms with van der Waals surface area (Å²) < 4.78 is 0. The molecule has 0 heterocycles. The third-order valence-corrected chi connectivity index (χ3v) is 6.95. The van der Waals surface area contributed by atoms with Crippen LogP contribution in [-0.4, -0.2) is 34.0 Å². The average molecular weight is 536 g/mol. The molecule has 0 bridgehead atoms. The molecule has 0 aromatic heterocycles. The minimum atomic E-state index is -0.724. The number of benzene rings is 2. The Bertz CT molecular complexity index is 938. The molecule has 0 aliphatic rings. The average Bonchev–Trinajstić information content (AvgIpc) is 2.68. The first-order valence-electron chi connectivity index (χ1n) is 9.95. The summed E-state index contributed by atoms with van der Waals surface area (Å²) in [6.07, 6.45) is 0. The molecule has 2 rings (SSSR count). The fourth-order valence-corrected chi connectivity index (χ4v) is 5.07. The summed E-state index contributed by atoms with van der Waals surface area (Å²) in [5.41, 5.74) is 0.934. The first-order valence-corrected chi connectivity index (χ1v) is 12.6. The van der Waals surface area contributed by atoms with Crippen molar-refractivity contribution in [2.24, 2.45) is 0 Å². The van der Waals surface area contributed by atoms with Gasteiger partial charge in [0.25, 0.3) is 0 Å². The lowest BCUT2D eigenvalue weighted by molar-refractivity contribution is -0.139. The molecular formula is C23H26Cl4N2O2S. The van der Waals surface area contributed by atoms with E-state index in [0.29, 0.717) is 31.4 Å². The summed E-state index contributed by atoms with van der Waals surface area (Å²) in [5, 5.41) is 4.91. The van der Waals surface area contributed by atoms with Crippen LogP contribution in [0.4, 0.5) is 0 Å². The van der Waals surface area contributed by atoms with Crippen LogP contribution in [0.1, 0.15) is 38.8 Å². The fraction of sp³-hybridized carbons (Fsp3) is 0.391. The number of nitrogens with one attached hydrogen (secondary N) is 1. The SMILES string of the molecule is CC(C(=O)NC(C)(C)C)N(Cc1c(Cl)cccc1Cl)C(=O)CSCc1c(Cl)cccc1Cl. The lowest BCUT2D eigenvalue weighted by Crippen LogP contribution is -2.52.